The molecular formula is C13H18N4O2S. The predicted molar refractivity (Wildman–Crippen MR) is 78.9 cm³/mol. The highest BCUT2D eigenvalue weighted by Crippen LogP contribution is 2.30. The molecule has 0 aromatic carbocycles. The van der Waals surface area contributed by atoms with Crippen LogP contribution in [0.5, 0.6) is 0 Å². The number of imidazole rings is 1. The summed E-state index contributed by atoms with van der Waals surface area (Å²) < 4.78 is 1.66. The monoisotopic (exact) mass is 294 g/mol. The fourth-order valence-corrected chi connectivity index (χ4v) is 3.70. The third kappa shape index (κ3) is 1.97. The SMILES string of the molecule is CC1CN(c2nc3sccn3c2C(=O)O)CC1N(C)C. The van der Waals surface area contributed by atoms with E-state index in [1.54, 1.807) is 10.6 Å². The van der Waals surface area contributed by atoms with Crippen molar-refractivity contribution in [1.29, 1.82) is 0 Å². The summed E-state index contributed by atoms with van der Waals surface area (Å²) in [5, 5.41) is 11.3. The Morgan fingerprint density at radius 2 is 2.25 bits per heavy atom. The normalized spacial score (nSPS) is 23.1. The maximum absolute atomic E-state index is 11.6. The van der Waals surface area contributed by atoms with Gasteiger partial charge in [-0.05, 0) is 20.0 Å². The van der Waals surface area contributed by atoms with E-state index in [0.29, 0.717) is 17.8 Å². The van der Waals surface area contributed by atoms with Crippen LogP contribution in [0.15, 0.2) is 11.6 Å². The molecule has 3 rings (SSSR count). The van der Waals surface area contributed by atoms with Gasteiger partial charge in [-0.1, -0.05) is 6.92 Å². The van der Waals surface area contributed by atoms with Crippen LogP contribution in [0.25, 0.3) is 4.96 Å². The molecule has 1 aliphatic rings. The fourth-order valence-electron chi connectivity index (χ4n) is 2.99. The van der Waals surface area contributed by atoms with E-state index in [0.717, 1.165) is 18.1 Å². The Morgan fingerprint density at radius 3 is 2.85 bits per heavy atom. The lowest BCUT2D eigenvalue weighted by Gasteiger charge is -2.22. The number of likely N-dealkylation sites (N-methyl/N-ethyl adjacent to an activating group) is 1. The first-order valence-electron chi connectivity index (χ1n) is 6.59. The van der Waals surface area contributed by atoms with E-state index in [9.17, 15) is 9.90 Å². The molecule has 0 amide bonds. The number of thiazole rings is 1. The molecule has 0 aliphatic carbocycles. The molecule has 1 aliphatic heterocycles. The Morgan fingerprint density at radius 1 is 1.50 bits per heavy atom. The molecule has 0 saturated carbocycles. The van der Waals surface area contributed by atoms with E-state index in [-0.39, 0.29) is 5.69 Å². The first-order chi connectivity index (χ1) is 9.49. The number of anilines is 1. The molecule has 2 aromatic rings. The molecule has 0 bridgehead atoms. The van der Waals surface area contributed by atoms with Gasteiger partial charge in [0.15, 0.2) is 16.5 Å². The number of carbonyl (C=O) groups is 1. The number of fused-ring (bicyclic) bond motifs is 1. The number of hydrogen-bond acceptors (Lipinski definition) is 5. The lowest BCUT2D eigenvalue weighted by molar-refractivity contribution is 0.0690. The van der Waals surface area contributed by atoms with E-state index in [1.807, 2.05) is 5.38 Å². The quantitative estimate of drug-likeness (QED) is 0.929. The molecule has 0 spiro atoms. The minimum atomic E-state index is -0.924. The molecule has 20 heavy (non-hydrogen) atoms. The standard InChI is InChI=1S/C13H18N4O2S/c1-8-6-16(7-9(8)15(2)3)11-10(12(18)19)17-4-5-20-13(17)14-11/h4-5,8-9H,6-7H2,1-3H3,(H,18,19). The first kappa shape index (κ1) is 13.4. The molecule has 2 aromatic heterocycles. The van der Waals surface area contributed by atoms with Gasteiger partial charge >= 0.3 is 5.97 Å². The Labute approximate surface area is 121 Å². The van der Waals surface area contributed by atoms with E-state index < -0.39 is 5.97 Å². The van der Waals surface area contributed by atoms with Crippen LogP contribution in [0.2, 0.25) is 0 Å². The van der Waals surface area contributed by atoms with Gasteiger partial charge in [0.1, 0.15) is 0 Å². The molecular weight excluding hydrogens is 276 g/mol. The Hall–Kier alpha value is -1.60. The largest absolute Gasteiger partial charge is 0.476 e. The molecule has 2 unspecified atom stereocenters. The van der Waals surface area contributed by atoms with Crippen molar-refractivity contribution in [2.24, 2.45) is 5.92 Å². The van der Waals surface area contributed by atoms with Crippen LogP contribution >= 0.6 is 11.3 Å². The van der Waals surface area contributed by atoms with Crippen molar-refractivity contribution in [1.82, 2.24) is 14.3 Å². The van der Waals surface area contributed by atoms with E-state index >= 15 is 0 Å². The number of aromatic nitrogens is 2. The summed E-state index contributed by atoms with van der Waals surface area (Å²) >= 11 is 1.46. The minimum Gasteiger partial charge on any atom is -0.476 e. The van der Waals surface area contributed by atoms with E-state index in [2.05, 4.69) is 35.8 Å². The van der Waals surface area contributed by atoms with Gasteiger partial charge in [-0.2, -0.15) is 0 Å². The van der Waals surface area contributed by atoms with Crippen LogP contribution in [-0.2, 0) is 0 Å². The Kier molecular flexibility index (Phi) is 3.18. The van der Waals surface area contributed by atoms with Gasteiger partial charge in [-0.25, -0.2) is 9.78 Å². The van der Waals surface area contributed by atoms with Crippen molar-refractivity contribution in [3.63, 3.8) is 0 Å². The number of aromatic carboxylic acids is 1. The second kappa shape index (κ2) is 4.75. The third-order valence-corrected chi connectivity index (χ3v) is 4.74. The maximum atomic E-state index is 11.6. The van der Waals surface area contributed by atoms with Crippen LogP contribution in [0, 0.1) is 5.92 Å². The van der Waals surface area contributed by atoms with Gasteiger partial charge in [-0.15, -0.1) is 11.3 Å². The second-order valence-electron chi connectivity index (χ2n) is 5.56. The van der Waals surface area contributed by atoms with Crippen LogP contribution in [-0.4, -0.2) is 58.6 Å². The van der Waals surface area contributed by atoms with Gasteiger partial charge < -0.3 is 14.9 Å². The van der Waals surface area contributed by atoms with Gasteiger partial charge in [0, 0.05) is 30.7 Å². The number of carboxylic acid groups (broad SMARTS) is 1. The summed E-state index contributed by atoms with van der Waals surface area (Å²) in [4.78, 5) is 21.1. The van der Waals surface area contributed by atoms with Crippen molar-refractivity contribution >= 4 is 28.1 Å². The Bertz CT molecular complexity index is 648. The van der Waals surface area contributed by atoms with E-state index in [1.165, 1.54) is 11.3 Å². The highest BCUT2D eigenvalue weighted by Gasteiger charge is 2.35. The number of hydrogen-bond donors (Lipinski definition) is 1. The minimum absolute atomic E-state index is 0.271. The van der Waals surface area contributed by atoms with E-state index in [4.69, 9.17) is 0 Å². The summed E-state index contributed by atoms with van der Waals surface area (Å²) in [6, 6.07) is 0.427. The van der Waals surface area contributed by atoms with Crippen molar-refractivity contribution in [2.75, 3.05) is 32.1 Å². The summed E-state index contributed by atoms with van der Waals surface area (Å²) in [7, 11) is 4.13. The molecule has 1 fully saturated rings. The van der Waals surface area contributed by atoms with Crippen molar-refractivity contribution in [3.8, 4) is 0 Å². The average Bonchev–Trinajstić information content (AvgIpc) is 2.99. The zero-order valence-corrected chi connectivity index (χ0v) is 12.6. The summed E-state index contributed by atoms with van der Waals surface area (Å²) in [6.07, 6.45) is 1.77. The molecule has 6 nitrogen and oxygen atoms in total. The molecule has 2 atom stereocenters. The van der Waals surface area contributed by atoms with Crippen LogP contribution in [0.1, 0.15) is 17.4 Å². The van der Waals surface area contributed by atoms with Gasteiger partial charge in [0.2, 0.25) is 0 Å². The highest BCUT2D eigenvalue weighted by atomic mass is 32.1. The summed E-state index contributed by atoms with van der Waals surface area (Å²) in [5.41, 5.74) is 0.271. The molecule has 1 saturated heterocycles. The van der Waals surface area contributed by atoms with Crippen molar-refractivity contribution < 1.29 is 9.90 Å². The lowest BCUT2D eigenvalue weighted by Crippen LogP contribution is -2.34. The first-order valence-corrected chi connectivity index (χ1v) is 7.47. The highest BCUT2D eigenvalue weighted by molar-refractivity contribution is 7.15. The average molecular weight is 294 g/mol. The van der Waals surface area contributed by atoms with Gasteiger partial charge in [0.25, 0.3) is 0 Å². The van der Waals surface area contributed by atoms with Gasteiger partial charge in [-0.3, -0.25) is 4.40 Å². The lowest BCUT2D eigenvalue weighted by atomic mass is 10.1. The summed E-state index contributed by atoms with van der Waals surface area (Å²) in [6.45, 7) is 3.86. The number of nitrogens with zero attached hydrogens (tertiary/aromatic N) is 4. The molecule has 7 heteroatoms. The van der Waals surface area contributed by atoms with Crippen molar-refractivity contribution in [3.05, 3.63) is 17.3 Å². The van der Waals surface area contributed by atoms with Crippen LogP contribution in [0.4, 0.5) is 5.82 Å². The molecule has 108 valence electrons. The Balaban J connectivity index is 2.01. The second-order valence-corrected chi connectivity index (χ2v) is 6.43. The predicted octanol–water partition coefficient (Wildman–Crippen LogP) is 1.48. The zero-order chi connectivity index (χ0) is 14.4. The number of rotatable bonds is 3. The number of carboxylic acids is 1. The third-order valence-electron chi connectivity index (χ3n) is 3.98. The summed E-state index contributed by atoms with van der Waals surface area (Å²) in [5.74, 6) is 0.166. The smallest absolute Gasteiger partial charge is 0.356 e. The maximum Gasteiger partial charge on any atom is 0.356 e. The van der Waals surface area contributed by atoms with Crippen LogP contribution in [0.3, 0.4) is 0 Å². The zero-order valence-electron chi connectivity index (χ0n) is 11.8. The topological polar surface area (TPSA) is 61.1 Å². The van der Waals surface area contributed by atoms with Crippen molar-refractivity contribution in [2.45, 2.75) is 13.0 Å². The fraction of sp³-hybridized carbons (Fsp3) is 0.538. The van der Waals surface area contributed by atoms with Crippen LogP contribution < -0.4 is 4.90 Å². The molecule has 3 heterocycles. The molecule has 1 N–H and O–H groups in total. The molecule has 0 radical (unpaired) electrons. The van der Waals surface area contributed by atoms with Gasteiger partial charge in [0.05, 0.1) is 0 Å².